The molecule has 1 unspecified atom stereocenters. The van der Waals surface area contributed by atoms with Gasteiger partial charge in [-0.3, -0.25) is 10.1 Å². The van der Waals surface area contributed by atoms with E-state index in [2.05, 4.69) is 5.32 Å². The number of nitrogens with one attached hydrogen (secondary N) is 1. The molecule has 94 valence electrons. The number of halogens is 3. The highest BCUT2D eigenvalue weighted by atomic mass is 19.4. The first-order valence-electron chi connectivity index (χ1n) is 4.99. The Morgan fingerprint density at radius 3 is 2.62 bits per heavy atom. The first kappa shape index (κ1) is 13.2. The van der Waals surface area contributed by atoms with Crippen LogP contribution in [0.2, 0.25) is 0 Å². The fourth-order valence-electron chi connectivity index (χ4n) is 1.93. The molecule has 0 aliphatic carbocycles. The van der Waals surface area contributed by atoms with Gasteiger partial charge in [0.25, 0.3) is 0 Å². The Morgan fingerprint density at radius 2 is 2.19 bits per heavy atom. The summed E-state index contributed by atoms with van der Waals surface area (Å²) in [5.41, 5.74) is -1.47. The van der Waals surface area contributed by atoms with Crippen molar-refractivity contribution in [3.05, 3.63) is 0 Å². The smallest absolute Gasteiger partial charge is 0.401 e. The highest BCUT2D eigenvalue weighted by molar-refractivity contribution is 5.79. The second-order valence-electron chi connectivity index (χ2n) is 4.20. The summed E-state index contributed by atoms with van der Waals surface area (Å²) in [6.45, 7) is -0.464. The van der Waals surface area contributed by atoms with E-state index in [4.69, 9.17) is 5.11 Å². The van der Waals surface area contributed by atoms with Crippen LogP contribution in [0.4, 0.5) is 13.2 Å². The van der Waals surface area contributed by atoms with Crippen molar-refractivity contribution in [2.24, 2.45) is 0 Å². The molecule has 1 aliphatic heterocycles. The van der Waals surface area contributed by atoms with Gasteiger partial charge in [0.15, 0.2) is 0 Å². The Labute approximate surface area is 91.4 Å². The van der Waals surface area contributed by atoms with E-state index in [1.165, 1.54) is 0 Å². The van der Waals surface area contributed by atoms with Crippen molar-refractivity contribution in [3.63, 3.8) is 0 Å². The third-order valence-corrected chi connectivity index (χ3v) is 2.72. The molecule has 0 bridgehead atoms. The van der Waals surface area contributed by atoms with Crippen molar-refractivity contribution in [1.82, 2.24) is 10.2 Å². The summed E-state index contributed by atoms with van der Waals surface area (Å²) in [5.74, 6) is -1.22. The van der Waals surface area contributed by atoms with Gasteiger partial charge in [-0.25, -0.2) is 0 Å². The summed E-state index contributed by atoms with van der Waals surface area (Å²) in [7, 11) is 1.70. The van der Waals surface area contributed by atoms with Gasteiger partial charge in [0.05, 0.1) is 6.54 Å². The number of alkyl halides is 3. The van der Waals surface area contributed by atoms with Gasteiger partial charge >= 0.3 is 12.1 Å². The fourth-order valence-corrected chi connectivity index (χ4v) is 1.93. The van der Waals surface area contributed by atoms with Crippen molar-refractivity contribution in [3.8, 4) is 0 Å². The minimum absolute atomic E-state index is 0.0956. The third kappa shape index (κ3) is 3.34. The van der Waals surface area contributed by atoms with E-state index in [-0.39, 0.29) is 13.0 Å². The molecule has 0 aromatic heterocycles. The van der Waals surface area contributed by atoms with Crippen molar-refractivity contribution in [2.45, 2.75) is 24.6 Å². The normalized spacial score (nSPS) is 28.0. The van der Waals surface area contributed by atoms with Crippen LogP contribution in [0, 0.1) is 0 Å². The average Bonchev–Trinajstić information content (AvgIpc) is 2.13. The predicted molar refractivity (Wildman–Crippen MR) is 51.2 cm³/mol. The van der Waals surface area contributed by atoms with Crippen LogP contribution in [-0.4, -0.2) is 54.4 Å². The third-order valence-electron chi connectivity index (χ3n) is 2.72. The van der Waals surface area contributed by atoms with Gasteiger partial charge in [-0.05, 0) is 26.4 Å². The summed E-state index contributed by atoms with van der Waals surface area (Å²) < 4.78 is 36.2. The van der Waals surface area contributed by atoms with Crippen LogP contribution in [0.1, 0.15) is 12.8 Å². The Hall–Kier alpha value is -0.820. The number of carboxylic acid groups (broad SMARTS) is 1. The van der Waals surface area contributed by atoms with Crippen molar-refractivity contribution >= 4 is 5.97 Å². The fraction of sp³-hybridized carbons (Fsp3) is 0.889. The first-order chi connectivity index (χ1) is 7.25. The molecule has 0 aromatic carbocycles. The molecule has 1 atom stereocenters. The molecule has 0 radical (unpaired) electrons. The summed E-state index contributed by atoms with van der Waals surface area (Å²) in [6.07, 6.45) is -3.59. The molecule has 0 aromatic rings. The molecule has 1 rings (SSSR count). The summed E-state index contributed by atoms with van der Waals surface area (Å²) in [6, 6.07) is 0. The van der Waals surface area contributed by atoms with Gasteiger partial charge in [-0.15, -0.1) is 0 Å². The quantitative estimate of drug-likeness (QED) is 0.762. The zero-order chi connectivity index (χ0) is 12.4. The topological polar surface area (TPSA) is 52.6 Å². The number of nitrogens with zero attached hydrogens (tertiary/aromatic N) is 1. The van der Waals surface area contributed by atoms with E-state index < -0.39 is 24.2 Å². The molecule has 0 amide bonds. The Bertz CT molecular complexity index is 270. The lowest BCUT2D eigenvalue weighted by Crippen LogP contribution is -2.62. The van der Waals surface area contributed by atoms with E-state index in [0.717, 1.165) is 0 Å². The van der Waals surface area contributed by atoms with Crippen LogP contribution in [0.25, 0.3) is 0 Å². The molecule has 7 heteroatoms. The summed E-state index contributed by atoms with van der Waals surface area (Å²) in [5, 5.41) is 11.2. The van der Waals surface area contributed by atoms with E-state index >= 15 is 0 Å². The molecule has 1 aliphatic rings. The second-order valence-corrected chi connectivity index (χ2v) is 4.20. The molecular weight excluding hydrogens is 225 g/mol. The highest BCUT2D eigenvalue weighted by Gasteiger charge is 2.43. The van der Waals surface area contributed by atoms with Crippen LogP contribution in [0.3, 0.4) is 0 Å². The monoisotopic (exact) mass is 240 g/mol. The second kappa shape index (κ2) is 4.58. The van der Waals surface area contributed by atoms with Gasteiger partial charge in [-0.1, -0.05) is 0 Å². The van der Waals surface area contributed by atoms with Crippen LogP contribution in [0.5, 0.6) is 0 Å². The van der Waals surface area contributed by atoms with Gasteiger partial charge in [0, 0.05) is 6.54 Å². The number of likely N-dealkylation sites (tertiary alicyclic amines) is 1. The average molecular weight is 240 g/mol. The van der Waals surface area contributed by atoms with Crippen molar-refractivity contribution in [1.29, 1.82) is 0 Å². The van der Waals surface area contributed by atoms with Crippen molar-refractivity contribution < 1.29 is 23.1 Å². The molecule has 4 nitrogen and oxygen atoms in total. The van der Waals surface area contributed by atoms with E-state index in [1.807, 2.05) is 0 Å². The molecule has 1 saturated heterocycles. The van der Waals surface area contributed by atoms with E-state index in [0.29, 0.717) is 13.0 Å². The SMILES string of the molecule is CN1CCCC(NCC(F)(F)F)(C(=O)O)C1. The van der Waals surface area contributed by atoms with Crippen LogP contribution in [-0.2, 0) is 4.79 Å². The van der Waals surface area contributed by atoms with E-state index in [9.17, 15) is 18.0 Å². The number of hydrogen-bond acceptors (Lipinski definition) is 3. The Balaban J connectivity index is 2.69. The Morgan fingerprint density at radius 1 is 1.56 bits per heavy atom. The number of piperidine rings is 1. The van der Waals surface area contributed by atoms with Crippen LogP contribution in [0.15, 0.2) is 0 Å². The van der Waals surface area contributed by atoms with Gasteiger partial charge < -0.3 is 10.0 Å². The Kier molecular flexibility index (Phi) is 3.80. The predicted octanol–water partition coefficient (Wildman–Crippen LogP) is 0.687. The molecule has 1 fully saturated rings. The summed E-state index contributed by atoms with van der Waals surface area (Å²) >= 11 is 0. The molecular formula is C9H15F3N2O2. The lowest BCUT2D eigenvalue weighted by atomic mass is 9.89. The lowest BCUT2D eigenvalue weighted by Gasteiger charge is -2.39. The van der Waals surface area contributed by atoms with Crippen LogP contribution < -0.4 is 5.32 Å². The van der Waals surface area contributed by atoms with Crippen LogP contribution >= 0.6 is 0 Å². The van der Waals surface area contributed by atoms with Gasteiger partial charge in [-0.2, -0.15) is 13.2 Å². The number of carbonyl (C=O) groups is 1. The van der Waals surface area contributed by atoms with Crippen molar-refractivity contribution in [2.75, 3.05) is 26.7 Å². The lowest BCUT2D eigenvalue weighted by molar-refractivity contribution is -0.153. The highest BCUT2D eigenvalue weighted by Crippen LogP contribution is 2.23. The van der Waals surface area contributed by atoms with E-state index in [1.54, 1.807) is 11.9 Å². The standard InChI is InChI=1S/C9H15F3N2O2/c1-14-4-2-3-8(6-14,7(15)16)13-5-9(10,11)12/h13H,2-6H2,1H3,(H,15,16). The zero-order valence-electron chi connectivity index (χ0n) is 8.97. The number of hydrogen-bond donors (Lipinski definition) is 2. The molecule has 16 heavy (non-hydrogen) atoms. The molecule has 0 saturated carbocycles. The molecule has 0 spiro atoms. The minimum Gasteiger partial charge on any atom is -0.480 e. The number of aliphatic carboxylic acids is 1. The molecule has 2 N–H and O–H groups in total. The number of carboxylic acids is 1. The zero-order valence-corrected chi connectivity index (χ0v) is 8.97. The van der Waals surface area contributed by atoms with Gasteiger partial charge in [0.2, 0.25) is 0 Å². The summed E-state index contributed by atoms with van der Waals surface area (Å²) in [4.78, 5) is 12.8. The van der Waals surface area contributed by atoms with Gasteiger partial charge in [0.1, 0.15) is 5.54 Å². The number of rotatable bonds is 3. The maximum Gasteiger partial charge on any atom is 0.401 e. The minimum atomic E-state index is -4.39. The maximum absolute atomic E-state index is 12.1. The first-order valence-corrected chi connectivity index (χ1v) is 4.99. The maximum atomic E-state index is 12.1. The largest absolute Gasteiger partial charge is 0.480 e. The molecule has 1 heterocycles. The number of likely N-dealkylation sites (N-methyl/N-ethyl adjacent to an activating group) is 1.